The van der Waals surface area contributed by atoms with Gasteiger partial charge < -0.3 is 15.5 Å². The molecule has 1 aliphatic rings. The van der Waals surface area contributed by atoms with Gasteiger partial charge in [0.2, 0.25) is 5.91 Å². The third-order valence-corrected chi connectivity index (χ3v) is 4.35. The second-order valence-electron chi connectivity index (χ2n) is 5.01. The number of hydrogen-bond acceptors (Lipinski definition) is 3. The Hall–Kier alpha value is -0.910. The molecule has 1 atom stereocenters. The first-order chi connectivity index (χ1) is 9.11. The summed E-state index contributed by atoms with van der Waals surface area (Å²) in [5.41, 5.74) is 6.82. The number of hydrogen-bond donors (Lipinski definition) is 1. The highest BCUT2D eigenvalue weighted by atomic mass is 79.9. The van der Waals surface area contributed by atoms with Crippen LogP contribution in [0.25, 0.3) is 0 Å². The van der Waals surface area contributed by atoms with Crippen molar-refractivity contribution in [1.82, 2.24) is 9.80 Å². The van der Waals surface area contributed by atoms with E-state index >= 15 is 0 Å². The normalized spacial score (nSPS) is 20.6. The first-order valence-corrected chi connectivity index (χ1v) is 7.32. The minimum Gasteiger partial charge on any atom is -0.336 e. The van der Waals surface area contributed by atoms with E-state index in [4.69, 9.17) is 5.73 Å². The van der Waals surface area contributed by atoms with Crippen LogP contribution in [0.1, 0.15) is 5.56 Å². The lowest BCUT2D eigenvalue weighted by molar-refractivity contribution is -0.134. The van der Waals surface area contributed by atoms with E-state index in [1.165, 1.54) is 0 Å². The topological polar surface area (TPSA) is 49.6 Å². The quantitative estimate of drug-likeness (QED) is 0.905. The molecule has 104 valence electrons. The Balaban J connectivity index is 2.05. The van der Waals surface area contributed by atoms with Gasteiger partial charge in [-0.25, -0.2) is 0 Å². The SMILES string of the molecule is CN1CCN(C(=O)Cc2ccccc2Br)C(CN)C1. The molecule has 5 heteroatoms. The van der Waals surface area contributed by atoms with Gasteiger partial charge in [0, 0.05) is 30.7 Å². The molecule has 1 amide bonds. The summed E-state index contributed by atoms with van der Waals surface area (Å²) in [6.45, 7) is 3.06. The molecule has 2 rings (SSSR count). The summed E-state index contributed by atoms with van der Waals surface area (Å²) in [7, 11) is 2.07. The van der Waals surface area contributed by atoms with Crippen molar-refractivity contribution in [3.05, 3.63) is 34.3 Å². The molecule has 1 aliphatic heterocycles. The highest BCUT2D eigenvalue weighted by Crippen LogP contribution is 2.18. The van der Waals surface area contributed by atoms with Gasteiger partial charge in [0.25, 0.3) is 0 Å². The van der Waals surface area contributed by atoms with Crippen LogP contribution in [0.15, 0.2) is 28.7 Å². The Morgan fingerprint density at radius 1 is 1.42 bits per heavy atom. The lowest BCUT2D eigenvalue weighted by Crippen LogP contribution is -2.57. The van der Waals surface area contributed by atoms with Crippen LogP contribution in [0.4, 0.5) is 0 Å². The summed E-state index contributed by atoms with van der Waals surface area (Å²) in [5.74, 6) is 0.162. The Labute approximate surface area is 122 Å². The van der Waals surface area contributed by atoms with Crippen molar-refractivity contribution in [2.24, 2.45) is 5.73 Å². The fourth-order valence-electron chi connectivity index (χ4n) is 2.45. The summed E-state index contributed by atoms with van der Waals surface area (Å²) < 4.78 is 0.988. The van der Waals surface area contributed by atoms with Crippen LogP contribution in [0.5, 0.6) is 0 Å². The molecule has 0 saturated carbocycles. The minimum absolute atomic E-state index is 0.133. The smallest absolute Gasteiger partial charge is 0.227 e. The molecular formula is C14H20BrN3O. The molecule has 0 aliphatic carbocycles. The van der Waals surface area contributed by atoms with E-state index in [0.29, 0.717) is 13.0 Å². The molecule has 1 heterocycles. The molecule has 1 aromatic rings. The number of rotatable bonds is 3. The first kappa shape index (κ1) is 14.5. The summed E-state index contributed by atoms with van der Waals surface area (Å²) in [4.78, 5) is 16.6. The average Bonchev–Trinajstić information content (AvgIpc) is 2.41. The minimum atomic E-state index is 0.133. The molecule has 1 aromatic carbocycles. The lowest BCUT2D eigenvalue weighted by atomic mass is 10.1. The monoisotopic (exact) mass is 325 g/mol. The zero-order chi connectivity index (χ0) is 13.8. The molecule has 0 radical (unpaired) electrons. The lowest BCUT2D eigenvalue weighted by Gasteiger charge is -2.39. The molecule has 0 spiro atoms. The molecule has 1 unspecified atom stereocenters. The maximum Gasteiger partial charge on any atom is 0.227 e. The molecule has 0 aromatic heterocycles. The summed E-state index contributed by atoms with van der Waals surface area (Å²) >= 11 is 3.49. The maximum absolute atomic E-state index is 12.4. The Morgan fingerprint density at radius 3 is 2.84 bits per heavy atom. The van der Waals surface area contributed by atoms with E-state index in [0.717, 1.165) is 29.7 Å². The molecular weight excluding hydrogens is 306 g/mol. The first-order valence-electron chi connectivity index (χ1n) is 6.53. The number of likely N-dealkylation sites (N-methyl/N-ethyl adjacent to an activating group) is 1. The molecule has 19 heavy (non-hydrogen) atoms. The number of nitrogens with zero attached hydrogens (tertiary/aromatic N) is 2. The van der Waals surface area contributed by atoms with Crippen molar-refractivity contribution < 1.29 is 4.79 Å². The van der Waals surface area contributed by atoms with Gasteiger partial charge in [0.1, 0.15) is 0 Å². The number of amides is 1. The van der Waals surface area contributed by atoms with Crippen LogP contribution in [0.3, 0.4) is 0 Å². The standard InChI is InChI=1S/C14H20BrN3O/c1-17-6-7-18(12(9-16)10-17)14(19)8-11-4-2-3-5-13(11)15/h2-5,12H,6-10,16H2,1H3. The van der Waals surface area contributed by atoms with Gasteiger partial charge in [-0.3, -0.25) is 4.79 Å². The highest BCUT2D eigenvalue weighted by Gasteiger charge is 2.27. The fourth-order valence-corrected chi connectivity index (χ4v) is 2.87. The predicted octanol–water partition coefficient (Wildman–Crippen LogP) is 1.09. The average molecular weight is 326 g/mol. The van der Waals surface area contributed by atoms with Gasteiger partial charge in [-0.2, -0.15) is 0 Å². The zero-order valence-corrected chi connectivity index (χ0v) is 12.8. The van der Waals surface area contributed by atoms with Gasteiger partial charge in [-0.05, 0) is 18.7 Å². The Bertz CT molecular complexity index is 452. The van der Waals surface area contributed by atoms with Gasteiger partial charge >= 0.3 is 0 Å². The number of nitrogens with two attached hydrogens (primary N) is 1. The van der Waals surface area contributed by atoms with E-state index in [1.807, 2.05) is 29.2 Å². The van der Waals surface area contributed by atoms with Crippen molar-refractivity contribution in [1.29, 1.82) is 0 Å². The van der Waals surface area contributed by atoms with E-state index in [9.17, 15) is 4.79 Å². The van der Waals surface area contributed by atoms with Gasteiger partial charge in [0.05, 0.1) is 12.5 Å². The van der Waals surface area contributed by atoms with Crippen molar-refractivity contribution in [2.45, 2.75) is 12.5 Å². The number of halogens is 1. The molecule has 1 fully saturated rings. The predicted molar refractivity (Wildman–Crippen MR) is 79.9 cm³/mol. The number of carbonyl (C=O) groups is 1. The van der Waals surface area contributed by atoms with E-state index in [-0.39, 0.29) is 11.9 Å². The van der Waals surface area contributed by atoms with Crippen LogP contribution in [-0.2, 0) is 11.2 Å². The third-order valence-electron chi connectivity index (χ3n) is 3.58. The number of carbonyl (C=O) groups excluding carboxylic acids is 1. The second-order valence-corrected chi connectivity index (χ2v) is 5.86. The third kappa shape index (κ3) is 3.55. The Morgan fingerprint density at radius 2 is 2.16 bits per heavy atom. The largest absolute Gasteiger partial charge is 0.336 e. The molecule has 1 saturated heterocycles. The van der Waals surface area contributed by atoms with Crippen LogP contribution < -0.4 is 5.73 Å². The van der Waals surface area contributed by atoms with E-state index < -0.39 is 0 Å². The van der Waals surface area contributed by atoms with Crippen molar-refractivity contribution in [3.8, 4) is 0 Å². The van der Waals surface area contributed by atoms with Gasteiger partial charge in [0.15, 0.2) is 0 Å². The Kier molecular flexibility index (Phi) is 4.96. The van der Waals surface area contributed by atoms with Crippen LogP contribution in [0.2, 0.25) is 0 Å². The number of piperazine rings is 1. The van der Waals surface area contributed by atoms with Crippen LogP contribution >= 0.6 is 15.9 Å². The molecule has 2 N–H and O–H groups in total. The summed E-state index contributed by atoms with van der Waals surface area (Å²) in [6.07, 6.45) is 0.432. The van der Waals surface area contributed by atoms with Crippen LogP contribution in [-0.4, -0.2) is 55.0 Å². The second kappa shape index (κ2) is 6.50. The zero-order valence-electron chi connectivity index (χ0n) is 11.2. The van der Waals surface area contributed by atoms with Crippen molar-refractivity contribution in [2.75, 3.05) is 33.2 Å². The van der Waals surface area contributed by atoms with Gasteiger partial charge in [-0.1, -0.05) is 34.1 Å². The summed E-state index contributed by atoms with van der Waals surface area (Å²) in [5, 5.41) is 0. The van der Waals surface area contributed by atoms with Crippen molar-refractivity contribution in [3.63, 3.8) is 0 Å². The molecule has 4 nitrogen and oxygen atoms in total. The maximum atomic E-state index is 12.4. The summed E-state index contributed by atoms with van der Waals surface area (Å²) in [6, 6.07) is 7.99. The van der Waals surface area contributed by atoms with E-state index in [2.05, 4.69) is 27.9 Å². The fraction of sp³-hybridized carbons (Fsp3) is 0.500. The molecule has 0 bridgehead atoms. The number of benzene rings is 1. The highest BCUT2D eigenvalue weighted by molar-refractivity contribution is 9.10. The van der Waals surface area contributed by atoms with Gasteiger partial charge in [-0.15, -0.1) is 0 Å². The van der Waals surface area contributed by atoms with Crippen molar-refractivity contribution >= 4 is 21.8 Å². The van der Waals surface area contributed by atoms with Crippen LogP contribution in [0, 0.1) is 0 Å². The van der Waals surface area contributed by atoms with E-state index in [1.54, 1.807) is 0 Å².